The number of hydrogen-bond donors (Lipinski definition) is 32. The Hall–Kier alpha value is -5.01. The van der Waals surface area contributed by atoms with E-state index in [9.17, 15) is 201 Å². The molecule has 4 heterocycles. The minimum atomic E-state index is -2.53. The quantitative estimate of drug-likeness (QED) is 0.0269. The first-order valence-electron chi connectivity index (χ1n) is 40.1. The van der Waals surface area contributed by atoms with E-state index in [2.05, 4.69) is 21.3 Å². The molecule has 58 heteroatoms. The maximum Gasteiger partial charge on any atom is 3.00 e. The SMILES string of the molecule is O=C([O-])CN(CCN(CC(=O)[O-])CC(=O)N(CCNC(=O)[C@H](O)[C@@H](O)[C@@H](CCO)O[C@H]1O[C@H](CO)[C@@H](O)[C@H](O)[C@H]1O)CCNC(=O)[C@H](O)[C@@H](O)[C@@H](CCO)O[C@@H]1O[C@H](CO)[C@@H](O)[C@H](O)[C@H]1O)CCN(CC(=O)[O-])CC(=O)N(CCNC(=O)[C@H](O)[C@@H](O)[C@@H](CCO)O[C@@H]1O[C@H](CO)[C@@H](O)[C@H](O)[C@H]1O)CCNC(=O)[C@H](O)[C@@H](O)[C@@H](CCO)O[C@@H]1O[C@H](CO)[C@@H](O)[C@H](O)[C@H]1O.[Gd+3]. The molecule has 0 aliphatic carbocycles. The maximum absolute atomic E-state index is 14.4. The van der Waals surface area contributed by atoms with Gasteiger partial charge >= 0.3 is 39.9 Å². The predicted octanol–water partition coefficient (Wildman–Crippen LogP) is -27.6. The van der Waals surface area contributed by atoms with Crippen LogP contribution in [-0.2, 0) is 81.0 Å². The molecule has 32 N–H and O–H groups in total. The number of carbonyl (C=O) groups excluding carboxylic acids is 9. The second-order valence-electron chi connectivity index (χ2n) is 30.0. The zero-order chi connectivity index (χ0) is 95.5. The third-order valence-corrected chi connectivity index (χ3v) is 20.8. The Balaban J connectivity index is 0.0000422. The van der Waals surface area contributed by atoms with Gasteiger partial charge in [0.05, 0.1) is 81.8 Å². The van der Waals surface area contributed by atoms with Gasteiger partial charge in [-0.2, -0.15) is 0 Å². The van der Waals surface area contributed by atoms with Crippen LogP contribution in [0.4, 0.5) is 0 Å². The zero-order valence-electron chi connectivity index (χ0n) is 68.8. The normalized spacial score (nSPS) is 29.1. The van der Waals surface area contributed by atoms with Crippen LogP contribution in [0.3, 0.4) is 0 Å². The van der Waals surface area contributed by atoms with Gasteiger partial charge in [0, 0.05) is 125 Å². The Morgan fingerprint density at radius 1 is 0.289 bits per heavy atom. The van der Waals surface area contributed by atoms with Gasteiger partial charge in [-0.25, -0.2) is 0 Å². The van der Waals surface area contributed by atoms with Crippen molar-refractivity contribution >= 4 is 53.4 Å². The fourth-order valence-corrected chi connectivity index (χ4v) is 13.4. The summed E-state index contributed by atoms with van der Waals surface area (Å²) >= 11 is 0. The minimum Gasteiger partial charge on any atom is -0.549 e. The van der Waals surface area contributed by atoms with Gasteiger partial charge in [-0.1, -0.05) is 0 Å². The van der Waals surface area contributed by atoms with E-state index in [1.807, 2.05) is 0 Å². The summed E-state index contributed by atoms with van der Waals surface area (Å²) in [5, 5.41) is 336. The number of ether oxygens (including phenoxy) is 8. The average Bonchev–Trinajstić information content (AvgIpc) is 0.819. The molecule has 0 saturated carbocycles. The first-order valence-corrected chi connectivity index (χ1v) is 40.1. The van der Waals surface area contributed by atoms with Gasteiger partial charge in [0.1, 0.15) is 122 Å². The molecule has 4 aliphatic rings. The molecule has 4 rings (SSSR count). The van der Waals surface area contributed by atoms with Gasteiger partial charge in [-0.05, 0) is 25.7 Å². The van der Waals surface area contributed by atoms with Gasteiger partial charge in [-0.15, -0.1) is 0 Å². The van der Waals surface area contributed by atoms with Crippen molar-refractivity contribution in [2.24, 2.45) is 0 Å². The molecule has 0 bridgehead atoms. The molecule has 0 aromatic carbocycles. The Kier molecular flexibility index (Phi) is 54.0. The van der Waals surface area contributed by atoms with Gasteiger partial charge in [-0.3, -0.25) is 43.5 Å². The molecular weight excluding hydrogens is 1890 g/mol. The summed E-state index contributed by atoms with van der Waals surface area (Å²) in [5.41, 5.74) is 0. The molecule has 57 nitrogen and oxygen atoms in total. The van der Waals surface area contributed by atoms with Crippen molar-refractivity contribution in [1.82, 2.24) is 45.8 Å². The molecular formula is C70H122GdN9O48. The first kappa shape index (κ1) is 117. The molecule has 6 amide bonds. The molecule has 128 heavy (non-hydrogen) atoms. The Labute approximate surface area is 760 Å². The molecule has 4 fully saturated rings. The van der Waals surface area contributed by atoms with Crippen molar-refractivity contribution in [3.63, 3.8) is 0 Å². The molecule has 0 spiro atoms. The fourth-order valence-electron chi connectivity index (χ4n) is 13.4. The van der Waals surface area contributed by atoms with Crippen molar-refractivity contribution in [3.8, 4) is 0 Å². The molecule has 4 aliphatic heterocycles. The van der Waals surface area contributed by atoms with E-state index in [1.165, 1.54) is 0 Å². The number of amides is 6. The standard InChI is InChI=1S/C70H125N9O48.Gd/c80-17-1-30(120-67-59(112)51(104)47(100)34(26-84)124-67)43(96)55(108)63(116)71-5-9-78(10-6-72-64(117)56(109)44(97)31(2-18-81)121-68-60(113)52(105)48(101)35(27-85)125-68)38(88)21-76(24-41(92)93)15-13-75(23-40(90)91)14-16-77(25-42(94)95)22-39(89)79(11-7-73-65(118)57(110)45(98)32(3-19-82)122-69-61(114)53(106)49(102)36(28-86)126-69)12-8-74-66(119)58(111)46(99)33(4-20-83)123-70-62(115)54(107)50(103)37(29-87)127-70;/h30-37,43-62,67-70,80-87,96-115H,1-29H2,(H,71,116)(H,72,117)(H,73,118)(H,74,119)(H,90,91)(H,92,93)(H,94,95);/q;+3/p-3/t30-,31-,32-,33-,34-,35-,36-,37-,43+,44+,45+,46+,47-,48-,49-,50-,51+,52+,53+,54+,55-,56-,57-,58-,59-,60-,61-,62-,67-,68-,69-,70+;/m1./s1. The van der Waals surface area contributed by atoms with Crippen LogP contribution in [0, 0.1) is 39.9 Å². The minimum absolute atomic E-state index is 0. The Bertz CT molecular complexity index is 2940. The summed E-state index contributed by atoms with van der Waals surface area (Å²) in [6.45, 7) is -20.9. The van der Waals surface area contributed by atoms with Crippen molar-refractivity contribution in [2.45, 2.75) is 222 Å². The van der Waals surface area contributed by atoms with E-state index in [-0.39, 0.29) is 39.9 Å². The molecule has 32 atom stereocenters. The van der Waals surface area contributed by atoms with Crippen LogP contribution in [0.2, 0.25) is 0 Å². The van der Waals surface area contributed by atoms with Crippen molar-refractivity contribution < 1.29 is 279 Å². The molecule has 1 radical (unpaired) electrons. The van der Waals surface area contributed by atoms with E-state index >= 15 is 0 Å². The summed E-state index contributed by atoms with van der Waals surface area (Å²) in [6.07, 6.45) is -67.2. The van der Waals surface area contributed by atoms with Crippen molar-refractivity contribution in [1.29, 1.82) is 0 Å². The molecule has 4 saturated heterocycles. The smallest absolute Gasteiger partial charge is 0.549 e. The first-order chi connectivity index (χ1) is 59.9. The van der Waals surface area contributed by atoms with E-state index in [1.54, 1.807) is 0 Å². The monoisotopic (exact) mass is 2010 g/mol. The summed E-state index contributed by atoms with van der Waals surface area (Å²) in [6, 6.07) is 0. The number of hydrogen-bond acceptors (Lipinski definition) is 51. The molecule has 0 aromatic rings. The summed E-state index contributed by atoms with van der Waals surface area (Å²) < 4.78 is 42.9. The average molecular weight is 2020 g/mol. The largest absolute Gasteiger partial charge is 3.00 e. The number of aliphatic hydroxyl groups is 28. The van der Waals surface area contributed by atoms with Crippen LogP contribution in [0.25, 0.3) is 0 Å². The van der Waals surface area contributed by atoms with E-state index < -0.39 is 439 Å². The van der Waals surface area contributed by atoms with Crippen LogP contribution in [-0.4, -0.2) is 581 Å². The molecule has 0 unspecified atom stereocenters. The second kappa shape index (κ2) is 59.0. The van der Waals surface area contributed by atoms with Crippen molar-refractivity contribution in [2.75, 3.05) is 164 Å². The summed E-state index contributed by atoms with van der Waals surface area (Å²) in [7, 11) is 0. The summed E-state index contributed by atoms with van der Waals surface area (Å²) in [4.78, 5) is 124. The number of aliphatic carboxylic acids is 3. The van der Waals surface area contributed by atoms with Gasteiger partial charge in [0.15, 0.2) is 49.6 Å². The second-order valence-corrected chi connectivity index (χ2v) is 30.0. The predicted molar refractivity (Wildman–Crippen MR) is 399 cm³/mol. The van der Waals surface area contributed by atoms with Crippen LogP contribution in [0.5, 0.6) is 0 Å². The van der Waals surface area contributed by atoms with Gasteiger partial charge in [0.25, 0.3) is 23.6 Å². The number of rotatable bonds is 60. The number of nitrogens with one attached hydrogen (secondary N) is 4. The number of nitrogens with zero attached hydrogens (tertiary/aromatic N) is 5. The zero-order valence-corrected chi connectivity index (χ0v) is 71.0. The number of carbonyl (C=O) groups is 9. The topological polar surface area (TPSA) is 927 Å². The Morgan fingerprint density at radius 3 is 0.672 bits per heavy atom. The third kappa shape index (κ3) is 35.7. The van der Waals surface area contributed by atoms with E-state index in [0.717, 1.165) is 24.5 Å². The Morgan fingerprint density at radius 2 is 0.484 bits per heavy atom. The van der Waals surface area contributed by atoms with E-state index in [0.29, 0.717) is 0 Å². The number of aliphatic hydroxyl groups excluding tert-OH is 28. The maximum atomic E-state index is 14.4. The molecule has 743 valence electrons. The van der Waals surface area contributed by atoms with Crippen LogP contribution in [0.1, 0.15) is 25.7 Å². The molecule has 0 aromatic heterocycles. The van der Waals surface area contributed by atoms with E-state index in [4.69, 9.17) is 37.9 Å². The van der Waals surface area contributed by atoms with Gasteiger partial charge in [0.2, 0.25) is 11.8 Å². The van der Waals surface area contributed by atoms with Crippen molar-refractivity contribution in [3.05, 3.63) is 0 Å². The third-order valence-electron chi connectivity index (χ3n) is 20.8. The van der Waals surface area contributed by atoms with Crippen LogP contribution >= 0.6 is 0 Å². The number of carboxylic acid groups (broad SMARTS) is 3. The fraction of sp³-hybridized carbons (Fsp3) is 0.871. The van der Waals surface area contributed by atoms with Crippen LogP contribution in [0.15, 0.2) is 0 Å². The summed E-state index contributed by atoms with van der Waals surface area (Å²) in [5.74, 6) is -13.7. The van der Waals surface area contributed by atoms with Gasteiger partial charge < -0.3 is 242 Å². The van der Waals surface area contributed by atoms with Crippen LogP contribution < -0.4 is 36.6 Å². The number of carboxylic acids is 3.